The van der Waals surface area contributed by atoms with Crippen LogP contribution >= 0.6 is 0 Å². The Kier molecular flexibility index (Phi) is 13.6. The average molecular weight is 761 g/mol. The number of rotatable bonds is 7. The van der Waals surface area contributed by atoms with Gasteiger partial charge in [0, 0.05) is 31.2 Å². The minimum atomic E-state index is -1.52. The monoisotopic (exact) mass is 760 g/mol. The zero-order valence-corrected chi connectivity index (χ0v) is 31.6. The summed E-state index contributed by atoms with van der Waals surface area (Å²) in [5.41, 5.74) is 0.814. The van der Waals surface area contributed by atoms with Crippen molar-refractivity contribution in [3.8, 4) is 0 Å². The maximum absolute atomic E-state index is 14.6. The molecule has 296 valence electrons. The van der Waals surface area contributed by atoms with Crippen LogP contribution in [0.1, 0.15) is 75.9 Å². The van der Waals surface area contributed by atoms with E-state index in [1.165, 1.54) is 31.0 Å². The standard InChI is InChI=1S/C39H52N8O8/c1-21(2)17-29-36(52)46-32(23(4)48)38(54)45-30(18-24-11-6-5-7-12-24)39(55)47-20-25(42-35(51)28-14-8-9-16-40-28)19-31(47)37(53)41-22(3)33(49)43-27-15-10-13-26(27)34(50)44-29/h5-9,11-12,14,16,21-23,25-27,29-32,48H,10,13,15,17-20H2,1-4H3,(H,41,53)(H,42,51)(H,43,49)(H,44,50)(H,45,54)(H,46,52)/t22-,23+,25+,26+,27+,29-,30-,31?,32-/m0/s1. The number of pyridine rings is 1. The zero-order valence-electron chi connectivity index (χ0n) is 31.6. The van der Waals surface area contributed by atoms with Gasteiger partial charge in [-0.15, -0.1) is 0 Å². The van der Waals surface area contributed by atoms with Crippen LogP contribution in [-0.2, 0) is 35.2 Å². The highest BCUT2D eigenvalue weighted by Gasteiger charge is 2.45. The first kappa shape index (κ1) is 40.8. The van der Waals surface area contributed by atoms with Crippen LogP contribution in [0.25, 0.3) is 0 Å². The van der Waals surface area contributed by atoms with E-state index in [4.69, 9.17) is 0 Å². The molecule has 5 rings (SSSR count). The summed E-state index contributed by atoms with van der Waals surface area (Å²) in [4.78, 5) is 102. The molecule has 3 aliphatic rings. The molecule has 16 heteroatoms. The lowest BCUT2D eigenvalue weighted by Gasteiger charge is -2.31. The molecule has 16 nitrogen and oxygen atoms in total. The van der Waals surface area contributed by atoms with Gasteiger partial charge in [-0.2, -0.15) is 0 Å². The topological polar surface area (TPSA) is 228 Å². The van der Waals surface area contributed by atoms with Crippen LogP contribution in [0.2, 0.25) is 0 Å². The summed E-state index contributed by atoms with van der Waals surface area (Å²) in [5.74, 6) is -5.04. The van der Waals surface area contributed by atoms with Crippen molar-refractivity contribution >= 4 is 41.4 Å². The maximum atomic E-state index is 14.6. The molecule has 1 aromatic heterocycles. The fourth-order valence-corrected chi connectivity index (χ4v) is 7.47. The number of carbonyl (C=O) groups excluding carboxylic acids is 7. The molecule has 9 atom stereocenters. The number of hydrogen-bond acceptors (Lipinski definition) is 9. The summed E-state index contributed by atoms with van der Waals surface area (Å²) in [6.45, 7) is 6.47. The molecule has 55 heavy (non-hydrogen) atoms. The van der Waals surface area contributed by atoms with E-state index in [2.05, 4.69) is 36.9 Å². The van der Waals surface area contributed by atoms with Gasteiger partial charge in [0.2, 0.25) is 35.4 Å². The number of fused-ring (bicyclic) bond motifs is 2. The van der Waals surface area contributed by atoms with Crippen LogP contribution in [0, 0.1) is 11.8 Å². The third-order valence-corrected chi connectivity index (χ3v) is 10.4. The molecule has 7 N–H and O–H groups in total. The predicted octanol–water partition coefficient (Wildman–Crippen LogP) is -0.292. The summed E-state index contributed by atoms with van der Waals surface area (Å²) in [6.07, 6.45) is 1.86. The fourth-order valence-electron chi connectivity index (χ4n) is 7.47. The van der Waals surface area contributed by atoms with Crippen LogP contribution in [0.5, 0.6) is 0 Å². The third-order valence-electron chi connectivity index (χ3n) is 10.4. The number of hydrogen-bond donors (Lipinski definition) is 7. The zero-order chi connectivity index (χ0) is 39.8. The summed E-state index contributed by atoms with van der Waals surface area (Å²) in [7, 11) is 0. The van der Waals surface area contributed by atoms with Crippen LogP contribution in [0.3, 0.4) is 0 Å². The highest BCUT2D eigenvalue weighted by molar-refractivity contribution is 5.98. The number of aliphatic hydroxyl groups is 1. The Bertz CT molecular complexity index is 1720. The molecular formula is C39H52N8O8. The van der Waals surface area contributed by atoms with E-state index >= 15 is 0 Å². The van der Waals surface area contributed by atoms with Crippen molar-refractivity contribution in [3.63, 3.8) is 0 Å². The molecule has 0 radical (unpaired) electrons. The molecular weight excluding hydrogens is 708 g/mol. The van der Waals surface area contributed by atoms with E-state index in [1.54, 1.807) is 42.5 Å². The van der Waals surface area contributed by atoms with Crippen LogP contribution < -0.4 is 31.9 Å². The summed E-state index contributed by atoms with van der Waals surface area (Å²) in [6, 6.07) is 6.33. The van der Waals surface area contributed by atoms with Crippen molar-refractivity contribution in [2.45, 2.75) is 115 Å². The number of amides is 7. The van der Waals surface area contributed by atoms with E-state index in [0.717, 1.165) is 0 Å². The Labute approximate surface area is 320 Å². The normalized spacial score (nSPS) is 28.9. The van der Waals surface area contributed by atoms with Crippen LogP contribution in [0.4, 0.5) is 0 Å². The van der Waals surface area contributed by atoms with Gasteiger partial charge in [-0.3, -0.25) is 38.5 Å². The molecule has 1 unspecified atom stereocenters. The van der Waals surface area contributed by atoms with E-state index in [-0.39, 0.29) is 37.4 Å². The second-order valence-electron chi connectivity index (χ2n) is 15.2. The Balaban J connectivity index is 1.51. The molecule has 3 fully saturated rings. The molecule has 2 saturated heterocycles. The van der Waals surface area contributed by atoms with Gasteiger partial charge in [0.05, 0.1) is 12.0 Å². The third kappa shape index (κ3) is 10.4. The summed E-state index contributed by atoms with van der Waals surface area (Å²) in [5, 5.41) is 27.4. The maximum Gasteiger partial charge on any atom is 0.270 e. The van der Waals surface area contributed by atoms with Crippen molar-refractivity contribution in [2.24, 2.45) is 11.8 Å². The van der Waals surface area contributed by atoms with E-state index in [0.29, 0.717) is 24.8 Å². The van der Waals surface area contributed by atoms with Gasteiger partial charge >= 0.3 is 0 Å². The molecule has 2 aromatic rings. The van der Waals surface area contributed by atoms with Gasteiger partial charge in [-0.1, -0.05) is 56.7 Å². The van der Waals surface area contributed by atoms with Gasteiger partial charge in [0.1, 0.15) is 35.9 Å². The Morgan fingerprint density at radius 1 is 0.836 bits per heavy atom. The van der Waals surface area contributed by atoms with E-state index < -0.39 is 95.7 Å². The molecule has 0 spiro atoms. The highest BCUT2D eigenvalue weighted by atomic mass is 16.3. The Hall–Kier alpha value is -5.38. The first-order valence-corrected chi connectivity index (χ1v) is 19.0. The highest BCUT2D eigenvalue weighted by Crippen LogP contribution is 2.27. The molecule has 3 heterocycles. The second kappa shape index (κ2) is 18.3. The summed E-state index contributed by atoms with van der Waals surface area (Å²) < 4.78 is 0. The molecule has 0 bridgehead atoms. The number of aliphatic hydroxyl groups excluding tert-OH is 1. The fraction of sp³-hybridized carbons (Fsp3) is 0.538. The van der Waals surface area contributed by atoms with Crippen molar-refractivity contribution in [1.82, 2.24) is 41.8 Å². The van der Waals surface area contributed by atoms with Crippen molar-refractivity contribution < 1.29 is 38.7 Å². The van der Waals surface area contributed by atoms with Gasteiger partial charge in [0.15, 0.2) is 0 Å². The molecule has 7 amide bonds. The SMILES string of the molecule is CC(C)C[C@@H]1NC(=O)[C@@H]2CCC[C@H]2NC(=O)[C@H](C)NC(=O)C2C[C@@H](NC(=O)c3ccccn3)CN2C(=O)[C@H](Cc2ccccc2)NC(=O)[C@H]([C@@H](C)O)NC1=O. The molecule has 2 aliphatic heterocycles. The minimum absolute atomic E-state index is 0.00897. The lowest BCUT2D eigenvalue weighted by molar-refractivity contribution is -0.143. The largest absolute Gasteiger partial charge is 0.391 e. The number of carbonyl (C=O) groups is 7. The minimum Gasteiger partial charge on any atom is -0.391 e. The number of aromatic nitrogens is 1. The number of nitrogens with one attached hydrogen (secondary N) is 6. The average Bonchev–Trinajstić information content (AvgIpc) is 3.80. The van der Waals surface area contributed by atoms with Gasteiger partial charge < -0.3 is 41.9 Å². The second-order valence-corrected chi connectivity index (χ2v) is 15.2. The number of nitrogens with zero attached hydrogens (tertiary/aromatic N) is 2. The molecule has 1 aliphatic carbocycles. The van der Waals surface area contributed by atoms with Gasteiger partial charge in [0.25, 0.3) is 5.91 Å². The molecule has 1 aromatic carbocycles. The van der Waals surface area contributed by atoms with Crippen molar-refractivity contribution in [1.29, 1.82) is 0 Å². The number of benzene rings is 1. The first-order valence-electron chi connectivity index (χ1n) is 19.0. The van der Waals surface area contributed by atoms with Crippen molar-refractivity contribution in [3.05, 3.63) is 66.0 Å². The lowest BCUT2D eigenvalue weighted by atomic mass is 9.98. The Morgan fingerprint density at radius 3 is 2.22 bits per heavy atom. The first-order chi connectivity index (χ1) is 26.2. The summed E-state index contributed by atoms with van der Waals surface area (Å²) >= 11 is 0. The van der Waals surface area contributed by atoms with Gasteiger partial charge in [-0.05, 0) is 63.1 Å². The predicted molar refractivity (Wildman–Crippen MR) is 200 cm³/mol. The van der Waals surface area contributed by atoms with E-state index in [9.17, 15) is 38.7 Å². The van der Waals surface area contributed by atoms with E-state index in [1.807, 2.05) is 13.8 Å². The van der Waals surface area contributed by atoms with Crippen molar-refractivity contribution in [2.75, 3.05) is 6.54 Å². The smallest absolute Gasteiger partial charge is 0.270 e. The van der Waals surface area contributed by atoms with Gasteiger partial charge in [-0.25, -0.2) is 0 Å². The van der Waals surface area contributed by atoms with Crippen LogP contribution in [0.15, 0.2) is 54.7 Å². The molecule has 1 saturated carbocycles. The quantitative estimate of drug-likeness (QED) is 0.197. The Morgan fingerprint density at radius 2 is 1.55 bits per heavy atom. The van der Waals surface area contributed by atoms with Crippen LogP contribution in [-0.4, -0.2) is 111 Å². The lowest BCUT2D eigenvalue weighted by Crippen LogP contribution is -2.61.